The molecule has 0 aromatic heterocycles. The summed E-state index contributed by atoms with van der Waals surface area (Å²) in [6, 6.07) is 0. The summed E-state index contributed by atoms with van der Waals surface area (Å²) in [6.45, 7) is 17.5. The fraction of sp³-hybridized carbons (Fsp3) is 1.00. The Morgan fingerprint density at radius 1 is 1.10 bits per heavy atom. The van der Waals surface area contributed by atoms with Gasteiger partial charge in [-0.3, -0.25) is 4.90 Å². The topological polar surface area (TPSA) is 35.9 Å². The molecule has 0 saturated carbocycles. The highest BCUT2D eigenvalue weighted by Crippen LogP contribution is 2.30. The maximum atomic E-state index is 10.1. The lowest BCUT2D eigenvalue weighted by atomic mass is 9.86. The lowest BCUT2D eigenvalue weighted by molar-refractivity contribution is 0.0134. The molecule has 0 aromatic rings. The Hall–Kier alpha value is -0.160. The monoisotopic (exact) mass is 298 g/mol. The highest BCUT2D eigenvalue weighted by Gasteiger charge is 2.32. The van der Waals surface area contributed by atoms with Crippen molar-refractivity contribution in [2.24, 2.45) is 10.8 Å². The predicted molar refractivity (Wildman–Crippen MR) is 86.5 cm³/mol. The fourth-order valence-electron chi connectivity index (χ4n) is 3.98. The van der Waals surface area contributed by atoms with Crippen LogP contribution in [0.3, 0.4) is 0 Å². The number of aliphatic hydroxyl groups is 1. The van der Waals surface area contributed by atoms with Crippen LogP contribution in [0.15, 0.2) is 0 Å². The van der Waals surface area contributed by atoms with Gasteiger partial charge in [-0.2, -0.15) is 0 Å². The van der Waals surface area contributed by atoms with E-state index in [0.717, 1.165) is 65.3 Å². The third kappa shape index (κ3) is 5.85. The third-order valence-corrected chi connectivity index (χ3v) is 4.63. The maximum Gasteiger partial charge on any atom is 0.0594 e. The van der Waals surface area contributed by atoms with Crippen LogP contribution in [0.25, 0.3) is 0 Å². The normalized spacial score (nSPS) is 29.3. The second-order valence-corrected chi connectivity index (χ2v) is 8.57. The molecule has 0 amide bonds. The first-order valence-electron chi connectivity index (χ1n) is 8.46. The Bertz CT molecular complexity index is 325. The lowest BCUT2D eigenvalue weighted by Gasteiger charge is -2.39. The van der Waals surface area contributed by atoms with Gasteiger partial charge in [-0.25, -0.2) is 0 Å². The van der Waals surface area contributed by atoms with E-state index in [1.165, 1.54) is 0 Å². The van der Waals surface area contributed by atoms with E-state index < -0.39 is 0 Å². The van der Waals surface area contributed by atoms with Crippen molar-refractivity contribution >= 4 is 0 Å². The quantitative estimate of drug-likeness (QED) is 0.859. The molecule has 1 atom stereocenters. The first-order valence-corrected chi connectivity index (χ1v) is 8.46. The summed E-state index contributed by atoms with van der Waals surface area (Å²) in [5.74, 6) is 0. The predicted octanol–water partition coefficient (Wildman–Crippen LogP) is 1.83. The Balaban J connectivity index is 1.88. The molecule has 0 aliphatic carbocycles. The van der Waals surface area contributed by atoms with Crippen LogP contribution < -0.4 is 0 Å². The van der Waals surface area contributed by atoms with Gasteiger partial charge in [0, 0.05) is 39.3 Å². The summed E-state index contributed by atoms with van der Waals surface area (Å²) in [6.07, 6.45) is 1.71. The van der Waals surface area contributed by atoms with Gasteiger partial charge in [-0.15, -0.1) is 0 Å². The summed E-state index contributed by atoms with van der Waals surface area (Å²) < 4.78 is 5.44. The minimum Gasteiger partial charge on any atom is -0.393 e. The van der Waals surface area contributed by atoms with Gasteiger partial charge in [0.15, 0.2) is 0 Å². The second-order valence-electron chi connectivity index (χ2n) is 8.57. The zero-order valence-electron chi connectivity index (χ0n) is 14.4. The molecular formula is C17H34N2O2. The summed E-state index contributed by atoms with van der Waals surface area (Å²) >= 11 is 0. The number of hydrogen-bond donors (Lipinski definition) is 1. The second kappa shape index (κ2) is 6.95. The van der Waals surface area contributed by atoms with Crippen LogP contribution in [0.5, 0.6) is 0 Å². The molecule has 4 nitrogen and oxygen atoms in total. The summed E-state index contributed by atoms with van der Waals surface area (Å²) in [7, 11) is 0. The summed E-state index contributed by atoms with van der Waals surface area (Å²) in [4.78, 5) is 5.10. The van der Waals surface area contributed by atoms with E-state index in [9.17, 15) is 5.11 Å². The zero-order chi connectivity index (χ0) is 15.5. The van der Waals surface area contributed by atoms with Gasteiger partial charge in [-0.05, 0) is 23.7 Å². The van der Waals surface area contributed by atoms with E-state index in [1.54, 1.807) is 0 Å². The first-order chi connectivity index (χ1) is 9.76. The molecule has 0 spiro atoms. The Kier molecular flexibility index (Phi) is 5.69. The van der Waals surface area contributed by atoms with Crippen molar-refractivity contribution in [3.63, 3.8) is 0 Å². The van der Waals surface area contributed by atoms with Crippen LogP contribution in [-0.4, -0.2) is 73.5 Å². The standard InChI is InChI=1S/C17H34N2O2/c1-16(2)11-15(20)5-6-19(12-16)14-17(3,4)13-18-7-9-21-10-8-18/h15,20H,5-14H2,1-4H3. The van der Waals surface area contributed by atoms with E-state index >= 15 is 0 Å². The summed E-state index contributed by atoms with van der Waals surface area (Å²) in [5.41, 5.74) is 0.494. The van der Waals surface area contributed by atoms with Crippen LogP contribution >= 0.6 is 0 Å². The zero-order valence-corrected chi connectivity index (χ0v) is 14.4. The van der Waals surface area contributed by atoms with E-state index in [-0.39, 0.29) is 16.9 Å². The Morgan fingerprint density at radius 2 is 1.71 bits per heavy atom. The lowest BCUT2D eigenvalue weighted by Crippen LogP contribution is -2.47. The molecule has 0 radical (unpaired) electrons. The number of aliphatic hydroxyl groups excluding tert-OH is 1. The van der Waals surface area contributed by atoms with Gasteiger partial charge in [0.25, 0.3) is 0 Å². The van der Waals surface area contributed by atoms with E-state index in [0.29, 0.717) is 0 Å². The molecule has 2 aliphatic heterocycles. The van der Waals surface area contributed by atoms with Crippen molar-refractivity contribution < 1.29 is 9.84 Å². The number of morpholine rings is 1. The van der Waals surface area contributed by atoms with Gasteiger partial charge in [0.2, 0.25) is 0 Å². The average Bonchev–Trinajstić information content (AvgIpc) is 2.46. The SMILES string of the molecule is CC1(C)CC(O)CCN(CC(C)(C)CN2CCOCC2)C1. The van der Waals surface area contributed by atoms with Crippen molar-refractivity contribution in [2.75, 3.05) is 52.5 Å². The average molecular weight is 298 g/mol. The van der Waals surface area contributed by atoms with Crippen molar-refractivity contribution in [1.82, 2.24) is 9.80 Å². The smallest absolute Gasteiger partial charge is 0.0594 e. The number of hydrogen-bond acceptors (Lipinski definition) is 4. The molecule has 2 saturated heterocycles. The highest BCUT2D eigenvalue weighted by atomic mass is 16.5. The molecule has 1 unspecified atom stereocenters. The van der Waals surface area contributed by atoms with Crippen LogP contribution in [0.4, 0.5) is 0 Å². The number of rotatable bonds is 4. The number of likely N-dealkylation sites (tertiary alicyclic amines) is 1. The Morgan fingerprint density at radius 3 is 2.38 bits per heavy atom. The van der Waals surface area contributed by atoms with Crippen molar-refractivity contribution in [3.05, 3.63) is 0 Å². The molecular weight excluding hydrogens is 264 g/mol. The third-order valence-electron chi connectivity index (χ3n) is 4.63. The largest absolute Gasteiger partial charge is 0.393 e. The molecule has 1 N–H and O–H groups in total. The minimum absolute atomic E-state index is 0.132. The van der Waals surface area contributed by atoms with Crippen LogP contribution in [0.2, 0.25) is 0 Å². The van der Waals surface area contributed by atoms with E-state index in [2.05, 4.69) is 37.5 Å². The maximum absolute atomic E-state index is 10.1. The van der Waals surface area contributed by atoms with Gasteiger partial charge in [0.1, 0.15) is 0 Å². The van der Waals surface area contributed by atoms with Gasteiger partial charge < -0.3 is 14.7 Å². The molecule has 2 aliphatic rings. The molecule has 124 valence electrons. The highest BCUT2D eigenvalue weighted by molar-refractivity contribution is 4.86. The molecule has 0 bridgehead atoms. The number of nitrogens with zero attached hydrogens (tertiary/aromatic N) is 2. The van der Waals surface area contributed by atoms with Crippen molar-refractivity contribution in [3.8, 4) is 0 Å². The fourth-order valence-corrected chi connectivity index (χ4v) is 3.98. The first kappa shape index (κ1) is 17.2. The van der Waals surface area contributed by atoms with Crippen LogP contribution in [0, 0.1) is 10.8 Å². The van der Waals surface area contributed by atoms with Gasteiger partial charge in [-0.1, -0.05) is 27.7 Å². The minimum atomic E-state index is -0.132. The Labute approximate surface area is 130 Å². The number of ether oxygens (including phenoxy) is 1. The van der Waals surface area contributed by atoms with Gasteiger partial charge >= 0.3 is 0 Å². The molecule has 2 heterocycles. The molecule has 2 rings (SSSR count). The van der Waals surface area contributed by atoms with Gasteiger partial charge in [0.05, 0.1) is 19.3 Å². The molecule has 21 heavy (non-hydrogen) atoms. The molecule has 4 heteroatoms. The van der Waals surface area contributed by atoms with Crippen LogP contribution in [-0.2, 0) is 4.74 Å². The summed E-state index contributed by atoms with van der Waals surface area (Å²) in [5, 5.41) is 10.1. The van der Waals surface area contributed by atoms with Crippen LogP contribution in [0.1, 0.15) is 40.5 Å². The molecule has 2 fully saturated rings. The van der Waals surface area contributed by atoms with Crippen molar-refractivity contribution in [1.29, 1.82) is 0 Å². The van der Waals surface area contributed by atoms with E-state index in [4.69, 9.17) is 4.74 Å². The molecule has 0 aromatic carbocycles. The van der Waals surface area contributed by atoms with Crippen molar-refractivity contribution in [2.45, 2.75) is 46.6 Å². The van der Waals surface area contributed by atoms with E-state index in [1.807, 2.05) is 0 Å².